The molecule has 0 N–H and O–H groups in total. The van der Waals surface area contributed by atoms with Crippen molar-refractivity contribution in [2.75, 3.05) is 13.2 Å². The first kappa shape index (κ1) is 20.0. The molecular formula is C14H25NO7. The summed E-state index contributed by atoms with van der Waals surface area (Å²) in [6.45, 7) is 11.0. The molecule has 0 unspecified atom stereocenters. The second-order valence-corrected chi connectivity index (χ2v) is 6.38. The zero-order valence-corrected chi connectivity index (χ0v) is 14.2. The van der Waals surface area contributed by atoms with Gasteiger partial charge in [0, 0.05) is 0 Å². The highest BCUT2D eigenvalue weighted by atomic mass is 16.8. The Hall–Kier alpha value is -1.99. The Bertz CT molecular complexity index is 406. The molecule has 0 atom stereocenters. The fraction of sp³-hybridized carbons (Fsp3) is 0.786. The van der Waals surface area contributed by atoms with Crippen LogP contribution in [0.4, 0.5) is 9.59 Å². The van der Waals surface area contributed by atoms with Crippen LogP contribution in [0, 0.1) is 0 Å². The van der Waals surface area contributed by atoms with E-state index in [1.54, 1.807) is 48.5 Å². The third kappa shape index (κ3) is 9.84. The van der Waals surface area contributed by atoms with Gasteiger partial charge in [-0.25, -0.2) is 14.4 Å². The van der Waals surface area contributed by atoms with Gasteiger partial charge < -0.3 is 14.2 Å². The first-order valence-corrected chi connectivity index (χ1v) is 6.91. The minimum Gasteiger partial charge on any atom is -0.465 e. The molecule has 0 aromatic carbocycles. The van der Waals surface area contributed by atoms with E-state index in [4.69, 9.17) is 19.0 Å². The summed E-state index contributed by atoms with van der Waals surface area (Å²) in [5.74, 6) is -0.739. The predicted octanol–water partition coefficient (Wildman–Crippen LogP) is 2.65. The lowest BCUT2D eigenvalue weighted by Gasteiger charge is -2.26. The zero-order valence-electron chi connectivity index (χ0n) is 14.2. The average Bonchev–Trinajstić information content (AvgIpc) is 2.23. The quantitative estimate of drug-likeness (QED) is 0.448. The van der Waals surface area contributed by atoms with Gasteiger partial charge in [-0.1, -0.05) is 0 Å². The summed E-state index contributed by atoms with van der Waals surface area (Å²) >= 11 is 0. The molecule has 128 valence electrons. The van der Waals surface area contributed by atoms with E-state index in [0.717, 1.165) is 0 Å². The van der Waals surface area contributed by atoms with Crippen LogP contribution in [0.1, 0.15) is 48.5 Å². The molecule has 0 fully saturated rings. The van der Waals surface area contributed by atoms with Gasteiger partial charge in [-0.15, -0.1) is 5.06 Å². The number of esters is 1. The third-order valence-electron chi connectivity index (χ3n) is 1.75. The monoisotopic (exact) mass is 319 g/mol. The summed E-state index contributed by atoms with van der Waals surface area (Å²) in [4.78, 5) is 39.8. The number of rotatable bonds is 3. The van der Waals surface area contributed by atoms with Crippen molar-refractivity contribution in [3.8, 4) is 0 Å². The molecule has 22 heavy (non-hydrogen) atoms. The molecule has 0 aromatic rings. The molecule has 8 nitrogen and oxygen atoms in total. The van der Waals surface area contributed by atoms with E-state index < -0.39 is 36.0 Å². The Labute approximate surface area is 130 Å². The maximum atomic E-state index is 12.0. The number of hydroxylamine groups is 2. The Morgan fingerprint density at radius 1 is 0.909 bits per heavy atom. The Kier molecular flexibility index (Phi) is 7.15. The van der Waals surface area contributed by atoms with E-state index in [1.165, 1.54) is 0 Å². The first-order valence-electron chi connectivity index (χ1n) is 6.91. The molecule has 0 aliphatic rings. The number of carbonyl (C=O) groups excluding carboxylic acids is 3. The normalized spacial score (nSPS) is 11.4. The van der Waals surface area contributed by atoms with Crippen molar-refractivity contribution < 1.29 is 33.4 Å². The number of amides is 1. The lowest BCUT2D eigenvalue weighted by Crippen LogP contribution is -2.42. The van der Waals surface area contributed by atoms with Crippen LogP contribution < -0.4 is 0 Å². The van der Waals surface area contributed by atoms with Gasteiger partial charge in [0.25, 0.3) is 0 Å². The first-order chi connectivity index (χ1) is 9.84. The van der Waals surface area contributed by atoms with Gasteiger partial charge in [-0.2, -0.15) is 0 Å². The topological polar surface area (TPSA) is 91.4 Å². The van der Waals surface area contributed by atoms with Crippen LogP contribution >= 0.6 is 0 Å². The molecule has 0 rings (SSSR count). The van der Waals surface area contributed by atoms with Gasteiger partial charge in [-0.05, 0) is 48.5 Å². The third-order valence-corrected chi connectivity index (χ3v) is 1.75. The standard InChI is InChI=1S/C14H25NO7/c1-8-19-10(16)9-15(11(17)20-13(2,3)4)22-12(18)21-14(5,6)7/h8-9H2,1-7H3. The van der Waals surface area contributed by atoms with Crippen LogP contribution in [0.5, 0.6) is 0 Å². The van der Waals surface area contributed by atoms with Crippen molar-refractivity contribution in [3.63, 3.8) is 0 Å². The van der Waals surface area contributed by atoms with Crippen molar-refractivity contribution in [1.29, 1.82) is 0 Å². The smallest absolute Gasteiger partial charge is 0.465 e. The van der Waals surface area contributed by atoms with Gasteiger partial charge in [0.2, 0.25) is 0 Å². The summed E-state index contributed by atoms with van der Waals surface area (Å²) in [6, 6.07) is 0. The highest BCUT2D eigenvalue weighted by Gasteiger charge is 2.30. The van der Waals surface area contributed by atoms with E-state index in [2.05, 4.69) is 0 Å². The molecule has 0 aliphatic carbocycles. The maximum absolute atomic E-state index is 12.0. The summed E-state index contributed by atoms with van der Waals surface area (Å²) in [6.07, 6.45) is -2.12. The lowest BCUT2D eigenvalue weighted by molar-refractivity contribution is -0.164. The van der Waals surface area contributed by atoms with Crippen LogP contribution in [0.2, 0.25) is 0 Å². The van der Waals surface area contributed by atoms with Gasteiger partial charge in [0.15, 0.2) is 6.54 Å². The molecule has 0 spiro atoms. The van der Waals surface area contributed by atoms with Gasteiger partial charge in [-0.3, -0.25) is 4.84 Å². The number of hydrogen-bond donors (Lipinski definition) is 0. The Balaban J connectivity index is 4.89. The summed E-state index contributed by atoms with van der Waals surface area (Å²) < 4.78 is 14.7. The van der Waals surface area contributed by atoms with Crippen molar-refractivity contribution in [2.45, 2.75) is 59.7 Å². The van der Waals surface area contributed by atoms with Gasteiger partial charge >= 0.3 is 18.2 Å². The fourth-order valence-corrected chi connectivity index (χ4v) is 1.13. The van der Waals surface area contributed by atoms with Gasteiger partial charge in [0.05, 0.1) is 6.61 Å². The highest BCUT2D eigenvalue weighted by molar-refractivity contribution is 5.78. The lowest BCUT2D eigenvalue weighted by atomic mass is 10.2. The largest absolute Gasteiger partial charge is 0.534 e. The van der Waals surface area contributed by atoms with Crippen molar-refractivity contribution in [3.05, 3.63) is 0 Å². The van der Waals surface area contributed by atoms with Gasteiger partial charge in [0.1, 0.15) is 11.2 Å². The fourth-order valence-electron chi connectivity index (χ4n) is 1.13. The van der Waals surface area contributed by atoms with E-state index in [0.29, 0.717) is 5.06 Å². The zero-order chi connectivity index (χ0) is 17.6. The molecule has 0 bridgehead atoms. The van der Waals surface area contributed by atoms with Crippen LogP contribution in [-0.2, 0) is 23.8 Å². The summed E-state index contributed by atoms with van der Waals surface area (Å²) in [7, 11) is 0. The summed E-state index contributed by atoms with van der Waals surface area (Å²) in [5.41, 5.74) is -1.62. The SMILES string of the molecule is CCOC(=O)CN(OC(=O)OC(C)(C)C)C(=O)OC(C)(C)C. The predicted molar refractivity (Wildman–Crippen MR) is 76.9 cm³/mol. The Morgan fingerprint density at radius 2 is 1.41 bits per heavy atom. The number of hydrogen-bond acceptors (Lipinski definition) is 7. The molecule has 0 aromatic heterocycles. The molecule has 0 radical (unpaired) electrons. The van der Waals surface area contributed by atoms with Crippen LogP contribution in [0.15, 0.2) is 0 Å². The number of carbonyl (C=O) groups is 3. The molecular weight excluding hydrogens is 294 g/mol. The summed E-state index contributed by atoms with van der Waals surface area (Å²) in [5, 5.41) is 0.470. The molecule has 1 amide bonds. The van der Waals surface area contributed by atoms with Crippen LogP contribution in [-0.4, -0.2) is 47.6 Å². The van der Waals surface area contributed by atoms with E-state index in [-0.39, 0.29) is 6.61 Å². The number of ether oxygens (including phenoxy) is 3. The van der Waals surface area contributed by atoms with Crippen LogP contribution in [0.25, 0.3) is 0 Å². The van der Waals surface area contributed by atoms with E-state index >= 15 is 0 Å². The van der Waals surface area contributed by atoms with E-state index in [9.17, 15) is 14.4 Å². The Morgan fingerprint density at radius 3 is 1.82 bits per heavy atom. The van der Waals surface area contributed by atoms with Crippen molar-refractivity contribution >= 4 is 18.2 Å². The average molecular weight is 319 g/mol. The van der Waals surface area contributed by atoms with Crippen LogP contribution in [0.3, 0.4) is 0 Å². The highest BCUT2D eigenvalue weighted by Crippen LogP contribution is 2.13. The second kappa shape index (κ2) is 7.86. The van der Waals surface area contributed by atoms with E-state index in [1.807, 2.05) is 0 Å². The molecule has 0 saturated heterocycles. The minimum atomic E-state index is -1.12. The molecule has 0 saturated carbocycles. The van der Waals surface area contributed by atoms with Crippen molar-refractivity contribution in [1.82, 2.24) is 5.06 Å². The molecule has 8 heteroatoms. The number of nitrogens with zero attached hydrogens (tertiary/aromatic N) is 1. The van der Waals surface area contributed by atoms with Crippen molar-refractivity contribution in [2.24, 2.45) is 0 Å². The molecule has 0 aliphatic heterocycles. The molecule has 0 heterocycles. The maximum Gasteiger partial charge on any atom is 0.534 e. The minimum absolute atomic E-state index is 0.132. The second-order valence-electron chi connectivity index (χ2n) is 6.38.